The number of aromatic nitrogens is 6. The topological polar surface area (TPSA) is 91.3 Å². The van der Waals surface area contributed by atoms with Gasteiger partial charge in [0.2, 0.25) is 0 Å². The van der Waals surface area contributed by atoms with Crippen molar-refractivity contribution in [2.24, 2.45) is 0 Å². The lowest BCUT2D eigenvalue weighted by Crippen LogP contribution is -2.34. The van der Waals surface area contributed by atoms with Crippen molar-refractivity contribution in [2.75, 3.05) is 19.8 Å². The highest BCUT2D eigenvalue weighted by molar-refractivity contribution is 5.35. The summed E-state index contributed by atoms with van der Waals surface area (Å²) < 4.78 is 10.1. The number of hydrogen-bond acceptors (Lipinski definition) is 6. The molecule has 23 heavy (non-hydrogen) atoms. The summed E-state index contributed by atoms with van der Waals surface area (Å²) in [5, 5.41) is 15.9. The summed E-state index contributed by atoms with van der Waals surface area (Å²) in [7, 11) is 0. The number of pyridine rings is 1. The van der Waals surface area contributed by atoms with Crippen LogP contribution < -0.4 is 11.0 Å². The van der Waals surface area contributed by atoms with E-state index in [0.717, 1.165) is 18.8 Å². The number of fused-ring (bicyclic) bond motifs is 1. The molecular formula is C14H17N7O2. The van der Waals surface area contributed by atoms with Gasteiger partial charge < -0.3 is 10.1 Å². The number of nitrogens with zero attached hydrogens (tertiary/aromatic N) is 6. The van der Waals surface area contributed by atoms with Crippen LogP contribution in [0.5, 0.6) is 0 Å². The van der Waals surface area contributed by atoms with Crippen LogP contribution in [-0.4, -0.2) is 48.9 Å². The third-order valence-electron chi connectivity index (χ3n) is 3.86. The van der Waals surface area contributed by atoms with E-state index in [2.05, 4.69) is 20.7 Å². The molecule has 4 rings (SSSR count). The second kappa shape index (κ2) is 5.94. The predicted molar refractivity (Wildman–Crippen MR) is 81.0 cm³/mol. The molecule has 9 heteroatoms. The zero-order chi connectivity index (χ0) is 15.6. The maximum absolute atomic E-state index is 12.2. The van der Waals surface area contributed by atoms with Gasteiger partial charge in [-0.1, -0.05) is 11.3 Å². The molecule has 0 radical (unpaired) electrons. The van der Waals surface area contributed by atoms with Crippen LogP contribution in [0.1, 0.15) is 11.7 Å². The van der Waals surface area contributed by atoms with Crippen molar-refractivity contribution in [3.8, 4) is 0 Å². The second-order valence-corrected chi connectivity index (χ2v) is 5.42. The smallest absolute Gasteiger partial charge is 0.350 e. The first-order chi connectivity index (χ1) is 11.3. The van der Waals surface area contributed by atoms with Crippen molar-refractivity contribution in [1.82, 2.24) is 34.5 Å². The number of morpholine rings is 1. The van der Waals surface area contributed by atoms with Crippen LogP contribution in [0, 0.1) is 0 Å². The summed E-state index contributed by atoms with van der Waals surface area (Å²) in [4.78, 5) is 12.2. The molecule has 0 aromatic carbocycles. The predicted octanol–water partition coefficient (Wildman–Crippen LogP) is -0.551. The normalized spacial score (nSPS) is 18.5. The van der Waals surface area contributed by atoms with Gasteiger partial charge in [0.25, 0.3) is 0 Å². The molecule has 9 nitrogen and oxygen atoms in total. The highest BCUT2D eigenvalue weighted by Gasteiger charge is 2.18. The molecule has 3 aromatic heterocycles. The number of hydrogen-bond donors (Lipinski definition) is 1. The molecule has 0 spiro atoms. The van der Waals surface area contributed by atoms with Gasteiger partial charge in [-0.25, -0.2) is 9.48 Å². The second-order valence-electron chi connectivity index (χ2n) is 5.42. The van der Waals surface area contributed by atoms with Crippen LogP contribution in [0.4, 0.5) is 0 Å². The van der Waals surface area contributed by atoms with E-state index in [-0.39, 0.29) is 11.7 Å². The van der Waals surface area contributed by atoms with E-state index in [1.807, 2.05) is 18.3 Å². The van der Waals surface area contributed by atoms with Gasteiger partial charge in [0.05, 0.1) is 38.5 Å². The molecule has 1 unspecified atom stereocenters. The molecule has 3 aromatic rings. The number of ether oxygens (including phenoxy) is 1. The fraction of sp³-hybridized carbons (Fsp3) is 0.429. The van der Waals surface area contributed by atoms with E-state index in [9.17, 15) is 4.79 Å². The van der Waals surface area contributed by atoms with Crippen molar-refractivity contribution in [1.29, 1.82) is 0 Å². The Labute approximate surface area is 131 Å². The van der Waals surface area contributed by atoms with Crippen LogP contribution in [0.25, 0.3) is 5.65 Å². The highest BCUT2D eigenvalue weighted by atomic mass is 16.5. The summed E-state index contributed by atoms with van der Waals surface area (Å²) in [5.74, 6) is 0. The zero-order valence-corrected chi connectivity index (χ0v) is 12.5. The first-order valence-corrected chi connectivity index (χ1v) is 7.56. The third-order valence-corrected chi connectivity index (χ3v) is 3.86. The summed E-state index contributed by atoms with van der Waals surface area (Å²) in [6, 6.07) is 5.55. The lowest BCUT2D eigenvalue weighted by Gasteiger charge is -2.21. The quantitative estimate of drug-likeness (QED) is 0.694. The molecule has 1 fully saturated rings. The molecular weight excluding hydrogens is 298 g/mol. The number of rotatable bonds is 4. The molecule has 1 saturated heterocycles. The van der Waals surface area contributed by atoms with Crippen LogP contribution in [0.3, 0.4) is 0 Å². The lowest BCUT2D eigenvalue weighted by atomic mass is 10.2. The summed E-state index contributed by atoms with van der Waals surface area (Å²) in [6.07, 6.45) is 3.59. The monoisotopic (exact) mass is 315 g/mol. The van der Waals surface area contributed by atoms with Crippen molar-refractivity contribution in [3.63, 3.8) is 0 Å². The SMILES string of the molecule is O=c1n(CCn2cc(C3COCCN3)nn2)nc2ccccn12. The fourth-order valence-electron chi connectivity index (χ4n) is 2.65. The third kappa shape index (κ3) is 2.76. The Hall–Kier alpha value is -2.52. The van der Waals surface area contributed by atoms with Crippen LogP contribution in [-0.2, 0) is 17.8 Å². The first kappa shape index (κ1) is 14.1. The Morgan fingerprint density at radius 3 is 3.13 bits per heavy atom. The van der Waals surface area contributed by atoms with Gasteiger partial charge in [0.15, 0.2) is 5.65 Å². The number of aryl methyl sites for hydroxylation is 2. The average molecular weight is 315 g/mol. The summed E-state index contributed by atoms with van der Waals surface area (Å²) in [5.41, 5.74) is 1.34. The molecule has 120 valence electrons. The average Bonchev–Trinajstić information content (AvgIpc) is 3.19. The summed E-state index contributed by atoms with van der Waals surface area (Å²) >= 11 is 0. The van der Waals surface area contributed by atoms with Crippen LogP contribution >= 0.6 is 0 Å². The fourth-order valence-corrected chi connectivity index (χ4v) is 2.65. The van der Waals surface area contributed by atoms with Gasteiger partial charge >= 0.3 is 5.69 Å². The van der Waals surface area contributed by atoms with Gasteiger partial charge in [0, 0.05) is 12.7 Å². The highest BCUT2D eigenvalue weighted by Crippen LogP contribution is 2.12. The largest absolute Gasteiger partial charge is 0.378 e. The van der Waals surface area contributed by atoms with Crippen molar-refractivity contribution in [3.05, 3.63) is 46.8 Å². The molecule has 4 heterocycles. The zero-order valence-electron chi connectivity index (χ0n) is 12.5. The standard InChI is InChI=1S/C14H17N7O2/c22-14-20-5-2-1-3-13(20)17-21(14)7-6-19-9-11(16-18-19)12-10-23-8-4-15-12/h1-3,5,9,12,15H,4,6-8,10H2. The molecule has 1 aliphatic rings. The van der Waals surface area contributed by atoms with Gasteiger partial charge in [-0.15, -0.1) is 10.2 Å². The molecule has 0 saturated carbocycles. The Bertz CT molecular complexity index is 859. The first-order valence-electron chi connectivity index (χ1n) is 7.56. The van der Waals surface area contributed by atoms with Gasteiger partial charge in [-0.05, 0) is 12.1 Å². The van der Waals surface area contributed by atoms with Crippen molar-refractivity contribution < 1.29 is 4.74 Å². The van der Waals surface area contributed by atoms with Crippen molar-refractivity contribution in [2.45, 2.75) is 19.1 Å². The van der Waals surface area contributed by atoms with Gasteiger partial charge in [-0.2, -0.15) is 0 Å². The summed E-state index contributed by atoms with van der Waals surface area (Å²) in [6.45, 7) is 3.11. The van der Waals surface area contributed by atoms with Gasteiger partial charge in [-0.3, -0.25) is 9.08 Å². The van der Waals surface area contributed by atoms with E-state index >= 15 is 0 Å². The molecule has 0 bridgehead atoms. The number of nitrogens with one attached hydrogen (secondary N) is 1. The Morgan fingerprint density at radius 2 is 2.30 bits per heavy atom. The molecule has 1 N–H and O–H groups in total. The minimum atomic E-state index is -0.150. The van der Waals surface area contributed by atoms with E-state index < -0.39 is 0 Å². The Balaban J connectivity index is 1.47. The molecule has 1 aliphatic heterocycles. The van der Waals surface area contributed by atoms with E-state index in [4.69, 9.17) is 4.74 Å². The van der Waals surface area contributed by atoms with Crippen molar-refractivity contribution >= 4 is 5.65 Å². The minimum Gasteiger partial charge on any atom is -0.378 e. The van der Waals surface area contributed by atoms with Crippen LogP contribution in [0.2, 0.25) is 0 Å². The Kier molecular flexibility index (Phi) is 3.64. The van der Waals surface area contributed by atoms with E-state index in [1.165, 1.54) is 9.08 Å². The Morgan fingerprint density at radius 1 is 1.35 bits per heavy atom. The van der Waals surface area contributed by atoms with Crippen LogP contribution in [0.15, 0.2) is 35.4 Å². The molecule has 0 amide bonds. The van der Waals surface area contributed by atoms with E-state index in [1.54, 1.807) is 16.9 Å². The maximum Gasteiger partial charge on any atom is 0.350 e. The maximum atomic E-state index is 12.2. The molecule has 0 aliphatic carbocycles. The van der Waals surface area contributed by atoms with E-state index in [0.29, 0.717) is 25.3 Å². The minimum absolute atomic E-state index is 0.0791. The van der Waals surface area contributed by atoms with Gasteiger partial charge in [0.1, 0.15) is 5.69 Å². The molecule has 1 atom stereocenters. The lowest BCUT2D eigenvalue weighted by molar-refractivity contribution is 0.0756.